The molecule has 0 saturated carbocycles. The van der Waals surface area contributed by atoms with Crippen molar-refractivity contribution in [3.63, 3.8) is 0 Å². The van der Waals surface area contributed by atoms with Gasteiger partial charge in [0.1, 0.15) is 0 Å². The number of aromatic nitrogens is 3. The number of rotatable bonds is 4. The number of pyridine rings is 1. The fourth-order valence-corrected chi connectivity index (χ4v) is 3.88. The molecule has 4 rings (SSSR count). The van der Waals surface area contributed by atoms with Crippen LogP contribution in [0.5, 0.6) is 0 Å². The Kier molecular flexibility index (Phi) is 4.83. The first kappa shape index (κ1) is 16.7. The van der Waals surface area contributed by atoms with Crippen LogP contribution in [0, 0.1) is 0 Å². The number of nitrogens with zero attached hydrogens (tertiary/aromatic N) is 4. The van der Waals surface area contributed by atoms with Crippen LogP contribution in [0.1, 0.15) is 49.6 Å². The highest BCUT2D eigenvalue weighted by Crippen LogP contribution is 2.33. The predicted octanol–water partition coefficient (Wildman–Crippen LogP) is 2.46. The summed E-state index contributed by atoms with van der Waals surface area (Å²) in [6.07, 6.45) is 10.3. The van der Waals surface area contributed by atoms with Gasteiger partial charge < -0.3 is 9.84 Å². The Balaban J connectivity index is 1.39. The van der Waals surface area contributed by atoms with Crippen molar-refractivity contribution >= 4 is 0 Å². The van der Waals surface area contributed by atoms with Crippen molar-refractivity contribution in [2.45, 2.75) is 50.5 Å². The second kappa shape index (κ2) is 7.23. The van der Waals surface area contributed by atoms with Crippen LogP contribution in [0.3, 0.4) is 0 Å². The summed E-state index contributed by atoms with van der Waals surface area (Å²) in [5.41, 5.74) is 1.37. The maximum Gasteiger partial charge on any atom is 0.150 e. The van der Waals surface area contributed by atoms with Crippen LogP contribution in [0.15, 0.2) is 36.8 Å². The molecule has 6 heteroatoms. The van der Waals surface area contributed by atoms with Crippen molar-refractivity contribution in [1.82, 2.24) is 19.7 Å². The molecule has 2 aliphatic heterocycles. The average Bonchev–Trinajstić information content (AvgIpc) is 3.13. The summed E-state index contributed by atoms with van der Waals surface area (Å²) in [7, 11) is 0. The van der Waals surface area contributed by atoms with E-state index in [1.54, 1.807) is 12.4 Å². The minimum Gasteiger partial charge on any atom is -0.385 e. The summed E-state index contributed by atoms with van der Waals surface area (Å²) in [5.74, 6) is 0. The van der Waals surface area contributed by atoms with Crippen molar-refractivity contribution in [2.75, 3.05) is 19.7 Å². The van der Waals surface area contributed by atoms with E-state index < -0.39 is 5.60 Å². The molecule has 1 atom stereocenters. The number of ether oxygens (including phenoxy) is 1. The number of hydrogen-bond donors (Lipinski definition) is 1. The van der Waals surface area contributed by atoms with Crippen LogP contribution in [0.25, 0.3) is 0 Å². The Labute approximate surface area is 148 Å². The lowest BCUT2D eigenvalue weighted by molar-refractivity contribution is -0.0457. The van der Waals surface area contributed by atoms with Gasteiger partial charge in [0.25, 0.3) is 0 Å². The Morgan fingerprint density at radius 2 is 2.08 bits per heavy atom. The largest absolute Gasteiger partial charge is 0.385 e. The molecule has 6 nitrogen and oxygen atoms in total. The van der Waals surface area contributed by atoms with Gasteiger partial charge in [-0.1, -0.05) is 6.07 Å². The molecule has 25 heavy (non-hydrogen) atoms. The van der Waals surface area contributed by atoms with Crippen LogP contribution >= 0.6 is 0 Å². The van der Waals surface area contributed by atoms with E-state index in [0.29, 0.717) is 0 Å². The van der Waals surface area contributed by atoms with Crippen molar-refractivity contribution in [1.29, 1.82) is 0 Å². The molecule has 0 aromatic carbocycles. The van der Waals surface area contributed by atoms with Gasteiger partial charge >= 0.3 is 0 Å². The average molecular weight is 342 g/mol. The first-order valence-corrected chi connectivity index (χ1v) is 9.24. The van der Waals surface area contributed by atoms with E-state index in [9.17, 15) is 5.11 Å². The molecule has 0 radical (unpaired) electrons. The van der Waals surface area contributed by atoms with Crippen LogP contribution in [0.2, 0.25) is 0 Å². The molecule has 2 fully saturated rings. The lowest BCUT2D eigenvalue weighted by atomic mass is 9.85. The van der Waals surface area contributed by atoms with Gasteiger partial charge in [-0.15, -0.1) is 0 Å². The molecular weight excluding hydrogens is 316 g/mol. The summed E-state index contributed by atoms with van der Waals surface area (Å²) in [6.45, 7) is 3.40. The molecule has 2 saturated heterocycles. The monoisotopic (exact) mass is 342 g/mol. The maximum atomic E-state index is 10.9. The molecule has 0 spiro atoms. The minimum atomic E-state index is -0.752. The van der Waals surface area contributed by atoms with Gasteiger partial charge in [-0.2, -0.15) is 5.10 Å². The Bertz CT molecular complexity index is 674. The van der Waals surface area contributed by atoms with Crippen LogP contribution < -0.4 is 0 Å². The van der Waals surface area contributed by atoms with E-state index in [-0.39, 0.29) is 6.23 Å². The Hall–Kier alpha value is -1.76. The van der Waals surface area contributed by atoms with Crippen LogP contribution in [-0.4, -0.2) is 44.5 Å². The quantitative estimate of drug-likeness (QED) is 0.925. The zero-order valence-corrected chi connectivity index (χ0v) is 14.5. The smallest absolute Gasteiger partial charge is 0.150 e. The molecule has 0 amide bonds. The zero-order valence-electron chi connectivity index (χ0n) is 14.5. The molecule has 4 heterocycles. The third-order valence-corrected chi connectivity index (χ3v) is 5.45. The standard InChI is InChI=1S/C19H26N4O2/c24-19(16-4-3-9-20-14-16)7-11-22(12-8-19)15-17-6-10-21-23(17)18-5-1-2-13-25-18/h3-4,6,9-10,14,18,24H,1-2,5,7-8,11-13,15H2. The number of likely N-dealkylation sites (tertiary alicyclic amines) is 1. The number of piperidine rings is 1. The van der Waals surface area contributed by atoms with Gasteiger partial charge in [-0.25, -0.2) is 4.68 Å². The topological polar surface area (TPSA) is 63.4 Å². The van der Waals surface area contributed by atoms with Crippen molar-refractivity contribution in [2.24, 2.45) is 0 Å². The first-order chi connectivity index (χ1) is 12.2. The van der Waals surface area contributed by atoms with Crippen LogP contribution in [-0.2, 0) is 16.9 Å². The summed E-state index contributed by atoms with van der Waals surface area (Å²) >= 11 is 0. The van der Waals surface area contributed by atoms with E-state index in [2.05, 4.69) is 21.0 Å². The molecule has 1 unspecified atom stereocenters. The molecule has 2 aromatic rings. The molecule has 0 bridgehead atoms. The Morgan fingerprint density at radius 1 is 1.20 bits per heavy atom. The van der Waals surface area contributed by atoms with E-state index in [0.717, 1.165) is 57.5 Å². The highest BCUT2D eigenvalue weighted by atomic mass is 16.5. The van der Waals surface area contributed by atoms with Crippen molar-refractivity contribution < 1.29 is 9.84 Å². The van der Waals surface area contributed by atoms with Crippen molar-refractivity contribution in [3.05, 3.63) is 48.0 Å². The lowest BCUT2D eigenvalue weighted by Crippen LogP contribution is -2.42. The van der Waals surface area contributed by atoms with Gasteiger partial charge in [0, 0.05) is 50.4 Å². The molecule has 2 aromatic heterocycles. The first-order valence-electron chi connectivity index (χ1n) is 9.24. The molecule has 1 N–H and O–H groups in total. The van der Waals surface area contributed by atoms with E-state index >= 15 is 0 Å². The molecule has 134 valence electrons. The highest BCUT2D eigenvalue weighted by molar-refractivity contribution is 5.19. The maximum absolute atomic E-state index is 10.9. The number of aliphatic hydroxyl groups is 1. The number of hydrogen-bond acceptors (Lipinski definition) is 5. The van der Waals surface area contributed by atoms with Gasteiger partial charge in [-0.3, -0.25) is 9.88 Å². The second-order valence-electron chi connectivity index (χ2n) is 7.14. The van der Waals surface area contributed by atoms with E-state index in [4.69, 9.17) is 4.74 Å². The Morgan fingerprint density at radius 3 is 2.80 bits per heavy atom. The zero-order chi connectivity index (χ0) is 17.1. The van der Waals surface area contributed by atoms with Gasteiger partial charge in [-0.05, 0) is 44.2 Å². The predicted molar refractivity (Wildman–Crippen MR) is 93.7 cm³/mol. The van der Waals surface area contributed by atoms with Gasteiger partial charge in [0.2, 0.25) is 0 Å². The minimum absolute atomic E-state index is 0.0795. The van der Waals surface area contributed by atoms with Gasteiger partial charge in [0.15, 0.2) is 6.23 Å². The lowest BCUT2D eigenvalue weighted by Gasteiger charge is -2.38. The third-order valence-electron chi connectivity index (χ3n) is 5.45. The molecule has 0 aliphatic carbocycles. The summed E-state index contributed by atoms with van der Waals surface area (Å²) in [5, 5.41) is 15.4. The summed E-state index contributed by atoms with van der Waals surface area (Å²) < 4.78 is 7.92. The van der Waals surface area contributed by atoms with Crippen molar-refractivity contribution in [3.8, 4) is 0 Å². The van der Waals surface area contributed by atoms with E-state index in [1.807, 2.05) is 23.0 Å². The summed E-state index contributed by atoms with van der Waals surface area (Å²) in [4.78, 5) is 6.54. The van der Waals surface area contributed by atoms with E-state index in [1.165, 1.54) is 12.1 Å². The fraction of sp³-hybridized carbons (Fsp3) is 0.579. The molecular formula is C19H26N4O2. The molecule has 2 aliphatic rings. The van der Waals surface area contributed by atoms with Crippen LogP contribution in [0.4, 0.5) is 0 Å². The fourth-order valence-electron chi connectivity index (χ4n) is 3.88. The highest BCUT2D eigenvalue weighted by Gasteiger charge is 2.34. The van der Waals surface area contributed by atoms with Gasteiger partial charge in [0.05, 0.1) is 11.3 Å². The third kappa shape index (κ3) is 3.61. The normalized spacial score (nSPS) is 24.3. The summed E-state index contributed by atoms with van der Waals surface area (Å²) in [6, 6.07) is 5.94. The SMILES string of the molecule is OC1(c2cccnc2)CCN(Cc2ccnn2C2CCCCO2)CC1. The second-order valence-corrected chi connectivity index (χ2v) is 7.14.